The lowest BCUT2D eigenvalue weighted by Crippen LogP contribution is -2.41. The van der Waals surface area contributed by atoms with Crippen LogP contribution in [0.5, 0.6) is 0 Å². The molecule has 8 heteroatoms. The number of rotatable bonds is 2. The molecular weight excluding hydrogens is 278 g/mol. The summed E-state index contributed by atoms with van der Waals surface area (Å²) < 4.78 is 48.4. The quantitative estimate of drug-likeness (QED) is 0.868. The molecule has 0 aliphatic carbocycles. The van der Waals surface area contributed by atoms with Gasteiger partial charge in [0, 0.05) is 12.1 Å². The number of carbonyl (C=O) groups excluding carboxylic acids is 1. The Morgan fingerprint density at radius 2 is 1.95 bits per heavy atom. The molecule has 0 aromatic carbocycles. The molecule has 0 unspecified atom stereocenters. The first-order valence-electron chi connectivity index (χ1n) is 5.70. The molecule has 0 spiro atoms. The monoisotopic (exact) mass is 290 g/mol. The first kappa shape index (κ1) is 13.9. The Hall–Kier alpha value is -1.57. The van der Waals surface area contributed by atoms with Crippen LogP contribution in [0, 0.1) is 11.6 Å². The lowest BCUT2D eigenvalue weighted by molar-refractivity contribution is 0.0924. The van der Waals surface area contributed by atoms with Gasteiger partial charge in [-0.15, -0.1) is 0 Å². The van der Waals surface area contributed by atoms with Crippen LogP contribution in [0.1, 0.15) is 23.3 Å². The summed E-state index contributed by atoms with van der Waals surface area (Å²) in [7, 11) is -3.02. The highest BCUT2D eigenvalue weighted by Crippen LogP contribution is 2.13. The maximum absolute atomic E-state index is 13.3. The smallest absolute Gasteiger partial charge is 0.273 e. The van der Waals surface area contributed by atoms with Crippen molar-refractivity contribution in [2.75, 3.05) is 11.5 Å². The maximum atomic E-state index is 13.3. The van der Waals surface area contributed by atoms with Gasteiger partial charge in [0.05, 0.1) is 17.7 Å². The summed E-state index contributed by atoms with van der Waals surface area (Å²) >= 11 is 0. The molecule has 1 aliphatic rings. The third-order valence-electron chi connectivity index (χ3n) is 2.91. The van der Waals surface area contributed by atoms with E-state index in [1.165, 1.54) is 0 Å². The van der Waals surface area contributed by atoms with E-state index in [1.807, 2.05) is 0 Å². The second-order valence-corrected chi connectivity index (χ2v) is 6.69. The number of carbonyl (C=O) groups is 1. The van der Waals surface area contributed by atoms with Crippen molar-refractivity contribution in [1.82, 2.24) is 10.3 Å². The van der Waals surface area contributed by atoms with Gasteiger partial charge in [-0.1, -0.05) is 0 Å². The highest BCUT2D eigenvalue weighted by atomic mass is 32.2. The fourth-order valence-electron chi connectivity index (χ4n) is 1.87. The van der Waals surface area contributed by atoms with Gasteiger partial charge in [-0.25, -0.2) is 22.2 Å². The molecule has 104 valence electrons. The normalized spacial score (nSPS) is 19.1. The zero-order chi connectivity index (χ0) is 14.0. The molecule has 1 fully saturated rings. The molecule has 0 radical (unpaired) electrons. The van der Waals surface area contributed by atoms with Gasteiger partial charge in [0.2, 0.25) is 0 Å². The Morgan fingerprint density at radius 3 is 2.53 bits per heavy atom. The Kier molecular flexibility index (Phi) is 3.79. The standard InChI is InChI=1S/C11H12F2N2O3S/c12-7-5-9(13)10(14-6-7)11(16)15-8-1-3-19(17,18)4-2-8/h5-6,8H,1-4H2,(H,15,16). The molecule has 19 heavy (non-hydrogen) atoms. The van der Waals surface area contributed by atoms with Gasteiger partial charge in [-0.2, -0.15) is 0 Å². The second-order valence-electron chi connectivity index (χ2n) is 4.38. The minimum Gasteiger partial charge on any atom is -0.348 e. The van der Waals surface area contributed by atoms with Crippen molar-refractivity contribution in [1.29, 1.82) is 0 Å². The third-order valence-corrected chi connectivity index (χ3v) is 4.63. The molecule has 0 bridgehead atoms. The van der Waals surface area contributed by atoms with Gasteiger partial charge >= 0.3 is 0 Å². The summed E-state index contributed by atoms with van der Waals surface area (Å²) in [6.07, 6.45) is 1.33. The van der Waals surface area contributed by atoms with Crippen LogP contribution in [0.3, 0.4) is 0 Å². The van der Waals surface area contributed by atoms with Crippen LogP contribution in [0.4, 0.5) is 8.78 Å². The van der Waals surface area contributed by atoms with E-state index < -0.39 is 33.1 Å². The summed E-state index contributed by atoms with van der Waals surface area (Å²) in [6, 6.07) is 0.245. The molecule has 0 saturated carbocycles. The number of nitrogens with zero attached hydrogens (tertiary/aromatic N) is 1. The van der Waals surface area contributed by atoms with E-state index in [4.69, 9.17) is 0 Å². The Balaban J connectivity index is 2.02. The van der Waals surface area contributed by atoms with Crippen molar-refractivity contribution in [2.24, 2.45) is 0 Å². The number of nitrogens with one attached hydrogen (secondary N) is 1. The van der Waals surface area contributed by atoms with Crippen molar-refractivity contribution in [3.8, 4) is 0 Å². The van der Waals surface area contributed by atoms with E-state index in [0.717, 1.165) is 6.20 Å². The predicted octanol–water partition coefficient (Wildman–Crippen LogP) is 0.667. The molecule has 1 aromatic rings. The Morgan fingerprint density at radius 1 is 1.32 bits per heavy atom. The number of hydrogen-bond acceptors (Lipinski definition) is 4. The summed E-state index contributed by atoms with van der Waals surface area (Å²) in [4.78, 5) is 15.1. The predicted molar refractivity (Wildman–Crippen MR) is 63.3 cm³/mol. The Bertz CT molecular complexity index is 590. The van der Waals surface area contributed by atoms with Gasteiger partial charge in [0.1, 0.15) is 15.7 Å². The number of halogens is 2. The van der Waals surface area contributed by atoms with Crippen LogP contribution in [-0.4, -0.2) is 36.9 Å². The van der Waals surface area contributed by atoms with E-state index >= 15 is 0 Å². The zero-order valence-corrected chi connectivity index (χ0v) is 10.7. The summed E-state index contributed by atoms with van der Waals surface area (Å²) in [5, 5.41) is 2.50. The summed E-state index contributed by atoms with van der Waals surface area (Å²) in [5.74, 6) is -2.67. The lowest BCUT2D eigenvalue weighted by Gasteiger charge is -2.22. The molecule has 1 saturated heterocycles. The van der Waals surface area contributed by atoms with Crippen LogP contribution < -0.4 is 5.32 Å². The van der Waals surface area contributed by atoms with Crippen molar-refractivity contribution >= 4 is 15.7 Å². The van der Waals surface area contributed by atoms with Crippen molar-refractivity contribution < 1.29 is 22.0 Å². The van der Waals surface area contributed by atoms with Gasteiger partial charge in [0.15, 0.2) is 11.5 Å². The highest BCUT2D eigenvalue weighted by Gasteiger charge is 2.26. The minimum atomic E-state index is -3.02. The number of pyridine rings is 1. The first-order chi connectivity index (χ1) is 8.87. The van der Waals surface area contributed by atoms with Crippen molar-refractivity contribution in [3.05, 3.63) is 29.6 Å². The third kappa shape index (κ3) is 3.46. The summed E-state index contributed by atoms with van der Waals surface area (Å²) in [5.41, 5.74) is -0.491. The van der Waals surface area contributed by atoms with Crippen molar-refractivity contribution in [2.45, 2.75) is 18.9 Å². The molecule has 0 atom stereocenters. The molecule has 1 aliphatic heterocycles. The van der Waals surface area contributed by atoms with Gasteiger partial charge in [-0.05, 0) is 12.8 Å². The van der Waals surface area contributed by atoms with Crippen LogP contribution in [-0.2, 0) is 9.84 Å². The fraction of sp³-hybridized carbons (Fsp3) is 0.455. The fourth-order valence-corrected chi connectivity index (χ4v) is 3.36. The molecule has 1 amide bonds. The van der Waals surface area contributed by atoms with Crippen LogP contribution in [0.2, 0.25) is 0 Å². The number of sulfone groups is 1. The molecule has 1 N–H and O–H groups in total. The van der Waals surface area contributed by atoms with Crippen LogP contribution in [0.15, 0.2) is 12.3 Å². The largest absolute Gasteiger partial charge is 0.348 e. The molecule has 2 heterocycles. The molecule has 5 nitrogen and oxygen atoms in total. The average molecular weight is 290 g/mol. The van der Waals surface area contributed by atoms with Crippen LogP contribution in [0.25, 0.3) is 0 Å². The lowest BCUT2D eigenvalue weighted by atomic mass is 10.1. The number of hydrogen-bond donors (Lipinski definition) is 1. The number of amides is 1. The average Bonchev–Trinajstić information content (AvgIpc) is 2.31. The van der Waals surface area contributed by atoms with Gasteiger partial charge in [0.25, 0.3) is 5.91 Å². The van der Waals surface area contributed by atoms with E-state index in [-0.39, 0.29) is 30.4 Å². The maximum Gasteiger partial charge on any atom is 0.273 e. The van der Waals surface area contributed by atoms with Crippen molar-refractivity contribution in [3.63, 3.8) is 0 Å². The van der Waals surface area contributed by atoms with E-state index in [1.54, 1.807) is 0 Å². The topological polar surface area (TPSA) is 76.1 Å². The molecule has 1 aromatic heterocycles. The van der Waals surface area contributed by atoms with E-state index in [9.17, 15) is 22.0 Å². The van der Waals surface area contributed by atoms with Gasteiger partial charge < -0.3 is 5.32 Å². The first-order valence-corrected chi connectivity index (χ1v) is 7.52. The molecule has 2 rings (SSSR count). The van der Waals surface area contributed by atoms with Crippen LogP contribution >= 0.6 is 0 Å². The minimum absolute atomic E-state index is 0.00270. The SMILES string of the molecule is O=C(NC1CCS(=O)(=O)CC1)c1ncc(F)cc1F. The Labute approximate surface area is 109 Å². The zero-order valence-electron chi connectivity index (χ0n) is 9.90. The van der Waals surface area contributed by atoms with E-state index in [2.05, 4.69) is 10.3 Å². The van der Waals surface area contributed by atoms with Gasteiger partial charge in [-0.3, -0.25) is 4.79 Å². The summed E-state index contributed by atoms with van der Waals surface area (Å²) in [6.45, 7) is 0. The number of aromatic nitrogens is 1. The second kappa shape index (κ2) is 5.20. The molecular formula is C11H12F2N2O3S. The highest BCUT2D eigenvalue weighted by molar-refractivity contribution is 7.91. The van der Waals surface area contributed by atoms with E-state index in [0.29, 0.717) is 6.07 Å².